The zero-order valence-corrected chi connectivity index (χ0v) is 50.4. The van der Waals surface area contributed by atoms with Gasteiger partial charge >= 0.3 is 12.2 Å². The molecular weight excluding hydrogens is 1110 g/mol. The summed E-state index contributed by atoms with van der Waals surface area (Å²) in [5.41, 5.74) is 8.31. The molecule has 20 nitrogen and oxygen atoms in total. The molecule has 2 fully saturated rings. The third-order valence-electron chi connectivity index (χ3n) is 15.5. The first-order chi connectivity index (χ1) is 40.8. The number of halogens is 2. The zero-order chi connectivity index (χ0) is 61.4. The Morgan fingerprint density at radius 3 is 1.30 bits per heavy atom. The second-order valence-electron chi connectivity index (χ2n) is 24.7. The molecule has 2 N–H and O–H groups in total. The first-order valence-electron chi connectivity index (χ1n) is 28.4. The Bertz CT molecular complexity index is 3770. The van der Waals surface area contributed by atoms with Crippen molar-refractivity contribution >= 4 is 58.3 Å². The number of carbonyl (C=O) groups excluding carboxylic acids is 4. The summed E-state index contributed by atoms with van der Waals surface area (Å²) < 4.78 is 54.1. The molecule has 87 heavy (non-hydrogen) atoms. The van der Waals surface area contributed by atoms with Crippen LogP contribution in [-0.2, 0) is 56.3 Å². The number of amides is 4. The monoisotopic (exact) mass is 1190 g/mol. The van der Waals surface area contributed by atoms with Crippen molar-refractivity contribution < 1.29 is 46.9 Å². The summed E-state index contributed by atoms with van der Waals surface area (Å²) in [6, 6.07) is 20.6. The highest BCUT2D eigenvalue weighted by molar-refractivity contribution is 6.13. The van der Waals surface area contributed by atoms with Gasteiger partial charge in [0.25, 0.3) is 11.8 Å². The first kappa shape index (κ1) is 61.4. The van der Waals surface area contributed by atoms with E-state index >= 15 is 0 Å². The molecular formula is C65H74F2N12O8. The number of methoxy groups -OCH3 is 2. The summed E-state index contributed by atoms with van der Waals surface area (Å²) in [6.07, 6.45) is 8.78. The number of benzene rings is 2. The van der Waals surface area contributed by atoms with Crippen LogP contribution in [0, 0.1) is 11.6 Å². The molecule has 8 aromatic rings. The molecule has 0 unspecified atom stereocenters. The Kier molecular flexibility index (Phi) is 16.4. The zero-order valence-electron chi connectivity index (χ0n) is 50.4. The van der Waals surface area contributed by atoms with Crippen LogP contribution >= 0.6 is 0 Å². The van der Waals surface area contributed by atoms with Crippen molar-refractivity contribution in [1.29, 1.82) is 0 Å². The smallest absolute Gasteiger partial charge is 0.417 e. The maximum atomic E-state index is 13.9. The Hall–Kier alpha value is -8.70. The van der Waals surface area contributed by atoms with Gasteiger partial charge in [0, 0.05) is 74.1 Å². The fourth-order valence-electron chi connectivity index (χ4n) is 11.3. The Labute approximate surface area is 504 Å². The maximum absolute atomic E-state index is 13.9. The van der Waals surface area contributed by atoms with Crippen LogP contribution in [0.3, 0.4) is 0 Å². The van der Waals surface area contributed by atoms with Crippen LogP contribution in [0.1, 0.15) is 129 Å². The predicted molar refractivity (Wildman–Crippen MR) is 326 cm³/mol. The average Bonchev–Trinajstić information content (AvgIpc) is 1.68. The fourth-order valence-corrected chi connectivity index (χ4v) is 11.3. The molecule has 0 bridgehead atoms. The molecule has 0 saturated heterocycles. The largest absolute Gasteiger partial charge is 0.443 e. The van der Waals surface area contributed by atoms with Crippen LogP contribution in [0.15, 0.2) is 97.6 Å². The summed E-state index contributed by atoms with van der Waals surface area (Å²) in [6.45, 7) is 11.8. The average molecular weight is 1190 g/mol. The third-order valence-corrected chi connectivity index (χ3v) is 15.5. The van der Waals surface area contributed by atoms with E-state index in [4.69, 9.17) is 28.9 Å². The molecule has 12 rings (SSSR count). The Morgan fingerprint density at radius 1 is 0.586 bits per heavy atom. The van der Waals surface area contributed by atoms with Gasteiger partial charge < -0.3 is 39.4 Å². The van der Waals surface area contributed by atoms with E-state index in [1.165, 1.54) is 24.3 Å². The van der Waals surface area contributed by atoms with Crippen molar-refractivity contribution in [1.82, 2.24) is 48.3 Å². The second kappa shape index (κ2) is 23.2. The van der Waals surface area contributed by atoms with E-state index in [0.29, 0.717) is 92.2 Å². The lowest BCUT2D eigenvalue weighted by atomic mass is 9.99. The summed E-state index contributed by atoms with van der Waals surface area (Å²) in [5, 5.41) is 6.70. The Morgan fingerprint density at radius 2 is 0.966 bits per heavy atom. The van der Waals surface area contributed by atoms with Gasteiger partial charge in [-0.15, -0.1) is 0 Å². The van der Waals surface area contributed by atoms with Crippen molar-refractivity contribution in [2.45, 2.75) is 123 Å². The summed E-state index contributed by atoms with van der Waals surface area (Å²) in [7, 11) is 11.4. The number of carbonyl (C=O) groups is 4. The number of ether oxygens (including phenoxy) is 4. The first-order valence-corrected chi connectivity index (χ1v) is 28.4. The number of pyridine rings is 4. The molecule has 2 aromatic carbocycles. The van der Waals surface area contributed by atoms with Crippen molar-refractivity contribution in [2.24, 2.45) is 0 Å². The van der Waals surface area contributed by atoms with Crippen LogP contribution in [-0.4, -0.2) is 126 Å². The molecule has 2 saturated carbocycles. The molecule has 6 aromatic heterocycles. The minimum Gasteiger partial charge on any atom is -0.443 e. The number of nitrogens with one attached hydrogen (secondary N) is 2. The molecule has 2 aliphatic heterocycles. The van der Waals surface area contributed by atoms with Gasteiger partial charge in [0.15, 0.2) is 0 Å². The minimum absolute atomic E-state index is 0. The number of aromatic nitrogens is 6. The molecule has 4 amide bonds. The second-order valence-corrected chi connectivity index (χ2v) is 24.7. The number of imide groups is 2. The van der Waals surface area contributed by atoms with E-state index in [9.17, 15) is 28.0 Å². The van der Waals surface area contributed by atoms with Crippen molar-refractivity contribution in [3.63, 3.8) is 0 Å². The fraction of sp³-hybridized carbons (Fsp3) is 0.385. The number of fused-ring (bicyclic) bond motifs is 4. The SMILES string of the molecule is C.COC1(c2ccc(Nc3ccc(-c4cnc5cc(F)ccn45)c4c3C(=O)N(C(=O)OC(C)(C)C)C4)nc2CN(C)C)CC1.COC1(c2ccc(Nc3ccc(-c4cnc5cc(F)ccn45)c4c3C(=O)N(C(=O)OC(C)(C)C)C4)nc2CN(C)C)CC1. The predicted octanol–water partition coefficient (Wildman–Crippen LogP) is 12.4. The van der Waals surface area contributed by atoms with Crippen LogP contribution in [0.25, 0.3) is 33.8 Å². The molecule has 456 valence electrons. The lowest BCUT2D eigenvalue weighted by molar-refractivity contribution is 0.0231. The molecule has 22 heteroatoms. The van der Waals surface area contributed by atoms with Gasteiger partial charge in [-0.05, 0) is 143 Å². The van der Waals surface area contributed by atoms with E-state index < -0.39 is 46.8 Å². The quantitative estimate of drug-likeness (QED) is 0.104. The number of hydrogen-bond donors (Lipinski definition) is 2. The van der Waals surface area contributed by atoms with E-state index in [0.717, 1.165) is 58.0 Å². The van der Waals surface area contributed by atoms with Gasteiger partial charge in [-0.25, -0.2) is 48.1 Å². The third kappa shape index (κ3) is 12.2. The normalized spacial score (nSPS) is 15.5. The lowest BCUT2D eigenvalue weighted by Gasteiger charge is -2.23. The van der Waals surface area contributed by atoms with Crippen LogP contribution in [0.2, 0.25) is 0 Å². The van der Waals surface area contributed by atoms with Gasteiger partial charge in [-0.1, -0.05) is 31.7 Å². The van der Waals surface area contributed by atoms with E-state index in [1.807, 2.05) is 64.6 Å². The molecule has 4 aliphatic rings. The van der Waals surface area contributed by atoms with Crippen molar-refractivity contribution in [3.8, 4) is 22.5 Å². The van der Waals surface area contributed by atoms with Gasteiger partial charge in [0.1, 0.15) is 45.8 Å². The number of hydrogen-bond acceptors (Lipinski definition) is 16. The highest BCUT2D eigenvalue weighted by Crippen LogP contribution is 2.51. The van der Waals surface area contributed by atoms with Gasteiger partial charge in [0.05, 0.1) is 82.0 Å². The summed E-state index contributed by atoms with van der Waals surface area (Å²) >= 11 is 0. The van der Waals surface area contributed by atoms with Crippen molar-refractivity contribution in [3.05, 3.63) is 154 Å². The van der Waals surface area contributed by atoms with Crippen LogP contribution in [0.4, 0.5) is 41.4 Å². The molecule has 0 radical (unpaired) electrons. The lowest BCUT2D eigenvalue weighted by Crippen LogP contribution is -2.37. The highest BCUT2D eigenvalue weighted by atomic mass is 19.1. The number of nitrogens with zero attached hydrogens (tertiary/aromatic N) is 10. The van der Waals surface area contributed by atoms with Gasteiger partial charge in [0.2, 0.25) is 0 Å². The number of anilines is 4. The van der Waals surface area contributed by atoms with Crippen LogP contribution in [0.5, 0.6) is 0 Å². The number of imidazole rings is 2. The maximum Gasteiger partial charge on any atom is 0.417 e. The summed E-state index contributed by atoms with van der Waals surface area (Å²) in [4.78, 5) is 79.0. The minimum atomic E-state index is -0.780. The van der Waals surface area contributed by atoms with Gasteiger partial charge in [-0.2, -0.15) is 0 Å². The topological polar surface area (TPSA) is 203 Å². The van der Waals surface area contributed by atoms with E-state index in [1.54, 1.807) is 101 Å². The molecule has 0 spiro atoms. The van der Waals surface area contributed by atoms with Crippen LogP contribution < -0.4 is 10.6 Å². The van der Waals surface area contributed by atoms with Crippen molar-refractivity contribution in [2.75, 3.05) is 53.0 Å². The highest BCUT2D eigenvalue weighted by Gasteiger charge is 2.48. The van der Waals surface area contributed by atoms with E-state index in [2.05, 4.69) is 30.4 Å². The molecule has 0 atom stereocenters. The molecule has 8 heterocycles. The summed E-state index contributed by atoms with van der Waals surface area (Å²) in [5.74, 6) is -0.616. The molecule has 2 aliphatic carbocycles. The number of rotatable bonds is 14. The standard InChI is InChI=1S/2C32H35FN6O4.CH4/c2*1-31(2,3)43-30(41)39-17-21-20(25-16-34-27-15-19(33)11-14-38(25)27)7-9-23(28(21)29(39)40)35-26-10-8-22(32(42-6)12-13-32)24(36-26)18-37(4)5;/h2*7-11,14-16H,12-13,17-18H2,1-6H3,(H,35,36);1H4. The van der Waals surface area contributed by atoms with E-state index in [-0.39, 0.29) is 31.7 Å². The van der Waals surface area contributed by atoms with Gasteiger partial charge in [-0.3, -0.25) is 18.4 Å². The Balaban J connectivity index is 0.000000190.